The van der Waals surface area contributed by atoms with Crippen LogP contribution in [0.25, 0.3) is 0 Å². The summed E-state index contributed by atoms with van der Waals surface area (Å²) in [7, 11) is 1.82. The van der Waals surface area contributed by atoms with Crippen LogP contribution in [-0.4, -0.2) is 40.6 Å². The predicted octanol–water partition coefficient (Wildman–Crippen LogP) is 2.87. The second-order valence-corrected chi connectivity index (χ2v) is 6.77. The molecule has 1 rings (SSSR count). The maximum absolute atomic E-state index is 12.3. The number of carbonyl (C=O) groups excluding carboxylic acids is 1. The number of carbonyl (C=O) groups is 1. The largest absolute Gasteiger partial charge is 0.360 e. The van der Waals surface area contributed by atoms with Crippen LogP contribution in [0.4, 0.5) is 5.13 Å². The van der Waals surface area contributed by atoms with Gasteiger partial charge in [0.15, 0.2) is 0 Å². The van der Waals surface area contributed by atoms with Gasteiger partial charge < -0.3 is 10.2 Å². The Morgan fingerprint density at radius 3 is 2.58 bits per heavy atom. The maximum Gasteiger partial charge on any atom is 0.284 e. The average Bonchev–Trinajstić information content (AvgIpc) is 2.81. The van der Waals surface area contributed by atoms with E-state index in [0.717, 1.165) is 13.0 Å². The molecule has 1 atom stereocenters. The zero-order valence-corrected chi connectivity index (χ0v) is 13.5. The molecule has 1 aromatic heterocycles. The molecule has 19 heavy (non-hydrogen) atoms. The molecular weight excluding hydrogens is 260 g/mol. The Kier molecular flexibility index (Phi) is 5.29. The van der Waals surface area contributed by atoms with Gasteiger partial charge in [0.05, 0.1) is 0 Å². The van der Waals surface area contributed by atoms with Gasteiger partial charge >= 0.3 is 0 Å². The van der Waals surface area contributed by atoms with E-state index < -0.39 is 0 Å². The summed E-state index contributed by atoms with van der Waals surface area (Å²) in [6.07, 6.45) is 1.02. The first-order valence-electron chi connectivity index (χ1n) is 6.62. The van der Waals surface area contributed by atoms with E-state index in [1.165, 1.54) is 11.3 Å². The van der Waals surface area contributed by atoms with E-state index in [4.69, 9.17) is 0 Å². The molecule has 0 saturated carbocycles. The summed E-state index contributed by atoms with van der Waals surface area (Å²) in [4.78, 5) is 14.1. The van der Waals surface area contributed by atoms with Gasteiger partial charge in [-0.15, -0.1) is 10.2 Å². The maximum atomic E-state index is 12.3. The lowest BCUT2D eigenvalue weighted by molar-refractivity contribution is 0.0628. The van der Waals surface area contributed by atoms with Crippen molar-refractivity contribution < 1.29 is 4.79 Å². The summed E-state index contributed by atoms with van der Waals surface area (Å²) in [5, 5.41) is 12.3. The molecule has 0 bridgehead atoms. The number of anilines is 1. The van der Waals surface area contributed by atoms with E-state index in [9.17, 15) is 4.79 Å². The number of nitrogens with one attached hydrogen (secondary N) is 1. The molecule has 5 nitrogen and oxygen atoms in total. The van der Waals surface area contributed by atoms with E-state index in [2.05, 4.69) is 50.1 Å². The van der Waals surface area contributed by atoms with Crippen LogP contribution in [0.5, 0.6) is 0 Å². The Labute approximate surface area is 119 Å². The van der Waals surface area contributed by atoms with Crippen LogP contribution in [-0.2, 0) is 0 Å². The highest BCUT2D eigenvalue weighted by Crippen LogP contribution is 2.25. The van der Waals surface area contributed by atoms with E-state index in [-0.39, 0.29) is 17.4 Å². The fourth-order valence-corrected chi connectivity index (χ4v) is 2.27. The fraction of sp³-hybridized carbons (Fsp3) is 0.769. The summed E-state index contributed by atoms with van der Waals surface area (Å²) < 4.78 is 0. The molecule has 0 aliphatic carbocycles. The smallest absolute Gasteiger partial charge is 0.284 e. The average molecular weight is 284 g/mol. The van der Waals surface area contributed by atoms with Crippen LogP contribution in [0.3, 0.4) is 0 Å². The third-order valence-electron chi connectivity index (χ3n) is 3.29. The molecule has 0 aliphatic heterocycles. The topological polar surface area (TPSA) is 58.1 Å². The minimum atomic E-state index is -0.0653. The Balaban J connectivity index is 2.74. The van der Waals surface area contributed by atoms with Gasteiger partial charge in [0.1, 0.15) is 0 Å². The number of aromatic nitrogens is 2. The molecule has 0 aliphatic rings. The third kappa shape index (κ3) is 4.16. The summed E-state index contributed by atoms with van der Waals surface area (Å²) in [6.45, 7) is 11.3. The van der Waals surface area contributed by atoms with Gasteiger partial charge in [0.2, 0.25) is 10.1 Å². The molecule has 0 spiro atoms. The van der Waals surface area contributed by atoms with Gasteiger partial charge in [0.25, 0.3) is 5.91 Å². The first-order chi connectivity index (χ1) is 8.77. The van der Waals surface area contributed by atoms with Crippen molar-refractivity contribution in [3.05, 3.63) is 5.01 Å². The minimum Gasteiger partial charge on any atom is -0.360 e. The molecular formula is C13H24N4OS. The normalized spacial score (nSPS) is 13.2. The van der Waals surface area contributed by atoms with Crippen molar-refractivity contribution in [2.75, 3.05) is 18.9 Å². The zero-order valence-electron chi connectivity index (χ0n) is 12.6. The molecule has 1 aromatic rings. The van der Waals surface area contributed by atoms with E-state index in [0.29, 0.717) is 10.1 Å². The van der Waals surface area contributed by atoms with Crippen molar-refractivity contribution in [3.63, 3.8) is 0 Å². The highest BCUT2D eigenvalue weighted by atomic mass is 32.1. The summed E-state index contributed by atoms with van der Waals surface area (Å²) in [5.74, 6) is -0.0653. The van der Waals surface area contributed by atoms with Gasteiger partial charge in [-0.3, -0.25) is 4.79 Å². The highest BCUT2D eigenvalue weighted by molar-refractivity contribution is 7.17. The van der Waals surface area contributed by atoms with Gasteiger partial charge in [-0.25, -0.2) is 0 Å². The van der Waals surface area contributed by atoms with Gasteiger partial charge in [0, 0.05) is 19.6 Å². The zero-order chi connectivity index (χ0) is 14.6. The monoisotopic (exact) mass is 284 g/mol. The Morgan fingerprint density at radius 1 is 1.42 bits per heavy atom. The number of hydrogen-bond acceptors (Lipinski definition) is 5. The van der Waals surface area contributed by atoms with Crippen LogP contribution >= 0.6 is 11.3 Å². The van der Waals surface area contributed by atoms with Crippen LogP contribution < -0.4 is 5.32 Å². The van der Waals surface area contributed by atoms with Crippen LogP contribution in [0.1, 0.15) is 50.8 Å². The molecule has 1 amide bonds. The first-order valence-corrected chi connectivity index (χ1v) is 7.43. The van der Waals surface area contributed by atoms with E-state index >= 15 is 0 Å². The Morgan fingerprint density at radius 2 is 2.05 bits per heavy atom. The second-order valence-electron chi connectivity index (χ2n) is 5.80. The van der Waals surface area contributed by atoms with Crippen molar-refractivity contribution >= 4 is 22.4 Å². The lowest BCUT2D eigenvalue weighted by Crippen LogP contribution is -2.42. The van der Waals surface area contributed by atoms with Gasteiger partial charge in [-0.1, -0.05) is 39.0 Å². The van der Waals surface area contributed by atoms with E-state index in [1.54, 1.807) is 4.90 Å². The molecule has 0 radical (unpaired) electrons. The van der Waals surface area contributed by atoms with Crippen LogP contribution in [0, 0.1) is 5.41 Å². The Hall–Kier alpha value is -1.17. The quantitative estimate of drug-likeness (QED) is 0.903. The van der Waals surface area contributed by atoms with Crippen molar-refractivity contribution in [2.45, 2.75) is 47.1 Å². The third-order valence-corrected chi connectivity index (χ3v) is 4.16. The molecule has 6 heteroatoms. The lowest BCUT2D eigenvalue weighted by atomic mass is 9.87. The summed E-state index contributed by atoms with van der Waals surface area (Å²) in [6, 6.07) is 0.135. The van der Waals surface area contributed by atoms with Gasteiger partial charge in [-0.2, -0.15) is 0 Å². The van der Waals surface area contributed by atoms with Gasteiger partial charge in [-0.05, 0) is 18.8 Å². The molecule has 0 aromatic carbocycles. The molecule has 0 fully saturated rings. The second kappa shape index (κ2) is 6.32. The van der Waals surface area contributed by atoms with Crippen molar-refractivity contribution in [1.29, 1.82) is 0 Å². The number of rotatable bonds is 5. The number of amides is 1. The number of hydrogen-bond donors (Lipinski definition) is 1. The highest BCUT2D eigenvalue weighted by Gasteiger charge is 2.29. The van der Waals surface area contributed by atoms with E-state index in [1.807, 2.05) is 7.05 Å². The first kappa shape index (κ1) is 15.9. The minimum absolute atomic E-state index is 0.0401. The Bertz CT molecular complexity index is 425. The summed E-state index contributed by atoms with van der Waals surface area (Å²) >= 11 is 1.31. The van der Waals surface area contributed by atoms with Crippen LogP contribution in [0.2, 0.25) is 0 Å². The van der Waals surface area contributed by atoms with Crippen LogP contribution in [0.15, 0.2) is 0 Å². The predicted molar refractivity (Wildman–Crippen MR) is 79.7 cm³/mol. The number of nitrogens with zero attached hydrogens (tertiary/aromatic N) is 3. The molecule has 1 unspecified atom stereocenters. The molecule has 108 valence electrons. The van der Waals surface area contributed by atoms with Crippen molar-refractivity contribution in [3.8, 4) is 0 Å². The molecule has 1 heterocycles. The fourth-order valence-electron chi connectivity index (χ4n) is 1.52. The SMILES string of the molecule is CCCNc1nnc(C(=O)N(C)C(C)C(C)(C)C)s1. The molecule has 0 saturated heterocycles. The summed E-state index contributed by atoms with van der Waals surface area (Å²) in [5.41, 5.74) is 0.0401. The van der Waals surface area contributed by atoms with Crippen molar-refractivity contribution in [1.82, 2.24) is 15.1 Å². The lowest BCUT2D eigenvalue weighted by Gasteiger charge is -2.34. The standard InChI is InChI=1S/C13H24N4OS/c1-7-8-14-12-16-15-10(19-12)11(18)17(6)9(2)13(3,4)5/h9H,7-8H2,1-6H3,(H,14,16). The van der Waals surface area contributed by atoms with Crippen molar-refractivity contribution in [2.24, 2.45) is 5.41 Å². The molecule has 1 N–H and O–H groups in total.